The average Bonchev–Trinajstić information content (AvgIpc) is 2.75. The average molecular weight is 288 g/mol. The van der Waals surface area contributed by atoms with Gasteiger partial charge in [0.1, 0.15) is 6.04 Å². The number of imide groups is 1. The maximum atomic E-state index is 12.5. The molecule has 0 spiro atoms. The van der Waals surface area contributed by atoms with Gasteiger partial charge in [-0.15, -0.1) is 0 Å². The minimum Gasteiger partial charge on any atom is -0.341 e. The molecule has 2 rings (SSSR count). The molecule has 0 bridgehead atoms. The van der Waals surface area contributed by atoms with Gasteiger partial charge in [-0.3, -0.25) is 19.3 Å². The van der Waals surface area contributed by atoms with Crippen molar-refractivity contribution >= 4 is 17.7 Å². The van der Waals surface area contributed by atoms with E-state index in [1.807, 2.05) is 20.8 Å². The number of hydrogen-bond donors (Lipinski definition) is 0. The fraction of sp³-hybridized carbons (Fsp3) is 0.438. The molecule has 1 aromatic rings. The van der Waals surface area contributed by atoms with Crippen LogP contribution in [0, 0.1) is 0 Å². The van der Waals surface area contributed by atoms with Crippen LogP contribution in [0.2, 0.25) is 0 Å². The summed E-state index contributed by atoms with van der Waals surface area (Å²) in [6.07, 6.45) is 0.417. The predicted octanol–water partition coefficient (Wildman–Crippen LogP) is 1.93. The van der Waals surface area contributed by atoms with Gasteiger partial charge in [0.2, 0.25) is 5.91 Å². The van der Waals surface area contributed by atoms with Gasteiger partial charge in [-0.1, -0.05) is 19.1 Å². The number of benzene rings is 1. The minimum absolute atomic E-state index is 0.169. The molecule has 1 unspecified atom stereocenters. The molecule has 3 amide bonds. The molecular formula is C16H20N2O3. The van der Waals surface area contributed by atoms with E-state index in [4.69, 9.17) is 0 Å². The number of carbonyl (C=O) groups is 3. The zero-order valence-electron chi connectivity index (χ0n) is 12.6. The first-order valence-electron chi connectivity index (χ1n) is 7.32. The Hall–Kier alpha value is -2.17. The second-order valence-electron chi connectivity index (χ2n) is 4.96. The molecule has 0 fully saturated rings. The first kappa shape index (κ1) is 15.2. The SMILES string of the molecule is CCC(C(=O)N(CC)CC)N1C(=O)c2ccccc2C1=O. The standard InChI is InChI=1S/C16H20N2O3/c1-4-13(16(21)17(5-2)6-3)18-14(19)11-9-7-8-10-12(11)15(18)20/h7-10,13H,4-6H2,1-3H3. The van der Waals surface area contributed by atoms with Crippen molar-refractivity contribution in [1.29, 1.82) is 0 Å². The van der Waals surface area contributed by atoms with E-state index in [0.717, 1.165) is 4.90 Å². The summed E-state index contributed by atoms with van der Waals surface area (Å²) < 4.78 is 0. The molecule has 1 heterocycles. The Kier molecular flexibility index (Phi) is 4.40. The molecule has 0 aromatic heterocycles. The van der Waals surface area contributed by atoms with E-state index in [9.17, 15) is 14.4 Å². The summed E-state index contributed by atoms with van der Waals surface area (Å²) >= 11 is 0. The maximum absolute atomic E-state index is 12.5. The van der Waals surface area contributed by atoms with Gasteiger partial charge >= 0.3 is 0 Å². The summed E-state index contributed by atoms with van der Waals surface area (Å²) in [5.74, 6) is -0.914. The maximum Gasteiger partial charge on any atom is 0.262 e. The Bertz CT molecular complexity index is 544. The van der Waals surface area contributed by atoms with Gasteiger partial charge in [-0.05, 0) is 32.4 Å². The number of amides is 3. The molecule has 1 aromatic carbocycles. The highest BCUT2D eigenvalue weighted by Gasteiger charge is 2.42. The van der Waals surface area contributed by atoms with Gasteiger partial charge in [-0.25, -0.2) is 0 Å². The molecule has 0 saturated carbocycles. The van der Waals surface area contributed by atoms with Crippen LogP contribution < -0.4 is 0 Å². The molecule has 1 aliphatic rings. The lowest BCUT2D eigenvalue weighted by Gasteiger charge is -2.29. The summed E-state index contributed by atoms with van der Waals surface area (Å²) in [5, 5.41) is 0. The normalized spacial score (nSPS) is 15.1. The molecular weight excluding hydrogens is 268 g/mol. The van der Waals surface area contributed by atoms with E-state index in [0.29, 0.717) is 30.6 Å². The Morgan fingerprint density at radius 1 is 1.05 bits per heavy atom. The highest BCUT2D eigenvalue weighted by atomic mass is 16.2. The molecule has 0 N–H and O–H groups in total. The van der Waals surface area contributed by atoms with Crippen LogP contribution in [0.15, 0.2) is 24.3 Å². The van der Waals surface area contributed by atoms with Gasteiger partial charge in [0.05, 0.1) is 11.1 Å². The van der Waals surface area contributed by atoms with E-state index in [1.165, 1.54) is 0 Å². The highest BCUT2D eigenvalue weighted by Crippen LogP contribution is 2.26. The Morgan fingerprint density at radius 3 is 1.90 bits per heavy atom. The van der Waals surface area contributed by atoms with Gasteiger partial charge in [0, 0.05) is 13.1 Å². The molecule has 5 nitrogen and oxygen atoms in total. The summed E-state index contributed by atoms with van der Waals surface area (Å²) in [6, 6.07) is 5.98. The van der Waals surface area contributed by atoms with Gasteiger partial charge < -0.3 is 4.90 Å². The molecule has 112 valence electrons. The topological polar surface area (TPSA) is 57.7 Å². The Balaban J connectivity index is 2.35. The first-order chi connectivity index (χ1) is 10.1. The summed E-state index contributed by atoms with van der Waals surface area (Å²) in [4.78, 5) is 40.2. The zero-order chi connectivity index (χ0) is 15.6. The van der Waals surface area contributed by atoms with Crippen LogP contribution in [0.4, 0.5) is 0 Å². The fourth-order valence-corrected chi connectivity index (χ4v) is 2.70. The molecule has 5 heteroatoms. The number of nitrogens with zero attached hydrogens (tertiary/aromatic N) is 2. The summed E-state index contributed by atoms with van der Waals surface area (Å²) in [7, 11) is 0. The third-order valence-electron chi connectivity index (χ3n) is 3.88. The molecule has 1 aliphatic heterocycles. The zero-order valence-corrected chi connectivity index (χ0v) is 12.6. The molecule has 0 aliphatic carbocycles. The lowest BCUT2D eigenvalue weighted by atomic mass is 10.1. The summed E-state index contributed by atoms with van der Waals surface area (Å²) in [5.41, 5.74) is 0.765. The van der Waals surface area contributed by atoms with Gasteiger partial charge in [0.25, 0.3) is 11.8 Å². The number of likely N-dealkylation sites (N-methyl/N-ethyl adjacent to an activating group) is 1. The first-order valence-corrected chi connectivity index (χ1v) is 7.32. The molecule has 1 atom stereocenters. The van der Waals surface area contributed by atoms with Crippen LogP contribution in [-0.4, -0.2) is 46.7 Å². The van der Waals surface area contributed by atoms with Crippen molar-refractivity contribution in [2.24, 2.45) is 0 Å². The highest BCUT2D eigenvalue weighted by molar-refractivity contribution is 6.22. The lowest BCUT2D eigenvalue weighted by molar-refractivity contribution is -0.135. The van der Waals surface area contributed by atoms with Crippen molar-refractivity contribution in [1.82, 2.24) is 9.80 Å². The number of rotatable bonds is 5. The molecule has 21 heavy (non-hydrogen) atoms. The van der Waals surface area contributed by atoms with Crippen molar-refractivity contribution in [2.45, 2.75) is 33.2 Å². The molecule has 0 radical (unpaired) electrons. The van der Waals surface area contributed by atoms with E-state index in [-0.39, 0.29) is 17.7 Å². The van der Waals surface area contributed by atoms with Crippen molar-refractivity contribution in [3.63, 3.8) is 0 Å². The van der Waals surface area contributed by atoms with E-state index >= 15 is 0 Å². The van der Waals surface area contributed by atoms with Crippen LogP contribution in [0.1, 0.15) is 47.9 Å². The van der Waals surface area contributed by atoms with Crippen molar-refractivity contribution in [3.8, 4) is 0 Å². The lowest BCUT2D eigenvalue weighted by Crippen LogP contribution is -2.50. The Labute approximate surface area is 124 Å². The van der Waals surface area contributed by atoms with Crippen molar-refractivity contribution in [2.75, 3.05) is 13.1 Å². The Morgan fingerprint density at radius 2 is 1.52 bits per heavy atom. The number of carbonyl (C=O) groups excluding carboxylic acids is 3. The van der Waals surface area contributed by atoms with Crippen LogP contribution in [-0.2, 0) is 4.79 Å². The van der Waals surface area contributed by atoms with Crippen molar-refractivity contribution in [3.05, 3.63) is 35.4 Å². The number of fused-ring (bicyclic) bond motifs is 1. The number of hydrogen-bond acceptors (Lipinski definition) is 3. The minimum atomic E-state index is -0.725. The second-order valence-corrected chi connectivity index (χ2v) is 4.96. The van der Waals surface area contributed by atoms with Crippen LogP contribution in [0.3, 0.4) is 0 Å². The van der Waals surface area contributed by atoms with E-state index < -0.39 is 6.04 Å². The predicted molar refractivity (Wildman–Crippen MR) is 78.9 cm³/mol. The quantitative estimate of drug-likeness (QED) is 0.778. The van der Waals surface area contributed by atoms with E-state index in [1.54, 1.807) is 29.2 Å². The third kappa shape index (κ3) is 2.44. The summed E-state index contributed by atoms with van der Waals surface area (Å²) in [6.45, 7) is 6.71. The third-order valence-corrected chi connectivity index (χ3v) is 3.88. The largest absolute Gasteiger partial charge is 0.341 e. The van der Waals surface area contributed by atoms with Gasteiger partial charge in [0.15, 0.2) is 0 Å². The van der Waals surface area contributed by atoms with E-state index in [2.05, 4.69) is 0 Å². The second kappa shape index (κ2) is 6.08. The smallest absolute Gasteiger partial charge is 0.262 e. The van der Waals surface area contributed by atoms with Crippen LogP contribution in [0.25, 0.3) is 0 Å². The molecule has 0 saturated heterocycles. The van der Waals surface area contributed by atoms with Crippen molar-refractivity contribution < 1.29 is 14.4 Å². The van der Waals surface area contributed by atoms with Crippen LogP contribution >= 0.6 is 0 Å². The van der Waals surface area contributed by atoms with Crippen LogP contribution in [0.5, 0.6) is 0 Å². The fourth-order valence-electron chi connectivity index (χ4n) is 2.70. The van der Waals surface area contributed by atoms with Gasteiger partial charge in [-0.2, -0.15) is 0 Å². The monoisotopic (exact) mass is 288 g/mol.